The fraction of sp³-hybridized carbons (Fsp3) is 0.393. The first-order valence-corrected chi connectivity index (χ1v) is 12.6. The van der Waals surface area contributed by atoms with Crippen molar-refractivity contribution in [1.82, 2.24) is 20.0 Å². The van der Waals surface area contributed by atoms with Crippen LogP contribution in [0.2, 0.25) is 0 Å². The summed E-state index contributed by atoms with van der Waals surface area (Å²) < 4.78 is 19.6. The third-order valence-electron chi connectivity index (χ3n) is 6.76. The number of hydrogen-bond donors (Lipinski definition) is 1. The van der Waals surface area contributed by atoms with Crippen LogP contribution in [-0.2, 0) is 9.53 Å². The topological polar surface area (TPSA) is 82.2 Å². The first-order valence-electron chi connectivity index (χ1n) is 12.6. The van der Waals surface area contributed by atoms with Crippen LogP contribution < -0.4 is 5.32 Å². The summed E-state index contributed by atoms with van der Waals surface area (Å²) in [5, 5.41) is 2.98. The highest BCUT2D eigenvalue weighted by molar-refractivity contribution is 5.95. The predicted octanol–water partition coefficient (Wildman–Crippen LogP) is 3.50. The number of likely N-dealkylation sites (N-methyl/N-ethyl adjacent to an activating group) is 1. The molecule has 1 fully saturated rings. The number of halogens is 1. The van der Waals surface area contributed by atoms with Crippen molar-refractivity contribution < 1.29 is 23.5 Å². The molecule has 2 aliphatic rings. The van der Waals surface area contributed by atoms with Crippen LogP contribution in [0, 0.1) is 12.7 Å². The van der Waals surface area contributed by atoms with Gasteiger partial charge in [-0.15, -0.1) is 0 Å². The number of urea groups is 1. The minimum Gasteiger partial charge on any atom is -0.463 e. The Kier molecular flexibility index (Phi) is 8.23. The van der Waals surface area contributed by atoms with Crippen LogP contribution in [0.1, 0.15) is 41.4 Å². The molecule has 1 atom stereocenters. The van der Waals surface area contributed by atoms with Crippen LogP contribution in [0.3, 0.4) is 0 Å². The van der Waals surface area contributed by atoms with E-state index in [9.17, 15) is 18.8 Å². The second-order valence-corrected chi connectivity index (χ2v) is 9.17. The number of hydrogen-bond acceptors (Lipinski definition) is 5. The average molecular weight is 509 g/mol. The number of carbonyl (C=O) groups is 3. The highest BCUT2D eigenvalue weighted by Crippen LogP contribution is 2.32. The second kappa shape index (κ2) is 11.6. The molecule has 2 heterocycles. The molecular formula is C28H33FN4O4. The summed E-state index contributed by atoms with van der Waals surface area (Å²) in [5.74, 6) is -1.33. The van der Waals surface area contributed by atoms with Gasteiger partial charge < -0.3 is 15.0 Å². The number of benzene rings is 2. The first kappa shape index (κ1) is 26.3. The number of carbonyl (C=O) groups excluding carboxylic acids is 3. The number of nitrogens with zero attached hydrogens (tertiary/aromatic N) is 3. The van der Waals surface area contributed by atoms with E-state index in [2.05, 4.69) is 10.2 Å². The first-order chi connectivity index (χ1) is 17.8. The molecule has 2 aliphatic heterocycles. The molecular weight excluding hydrogens is 475 g/mol. The fourth-order valence-corrected chi connectivity index (χ4v) is 4.88. The van der Waals surface area contributed by atoms with Gasteiger partial charge in [0.15, 0.2) is 0 Å². The van der Waals surface area contributed by atoms with Gasteiger partial charge in [-0.3, -0.25) is 14.6 Å². The molecule has 0 aliphatic carbocycles. The van der Waals surface area contributed by atoms with E-state index in [0.717, 1.165) is 11.1 Å². The van der Waals surface area contributed by atoms with Crippen LogP contribution in [0.5, 0.6) is 0 Å². The van der Waals surface area contributed by atoms with Crippen LogP contribution >= 0.6 is 0 Å². The van der Waals surface area contributed by atoms with Gasteiger partial charge >= 0.3 is 12.0 Å². The quantitative estimate of drug-likeness (QED) is 0.579. The molecule has 0 unspecified atom stereocenters. The average Bonchev–Trinajstić information content (AvgIpc) is 2.89. The Morgan fingerprint density at radius 2 is 1.78 bits per heavy atom. The lowest BCUT2D eigenvalue weighted by atomic mass is 9.93. The van der Waals surface area contributed by atoms with Crippen molar-refractivity contribution in [3.8, 4) is 0 Å². The zero-order valence-electron chi connectivity index (χ0n) is 21.5. The molecule has 0 saturated carbocycles. The summed E-state index contributed by atoms with van der Waals surface area (Å²) in [4.78, 5) is 44.5. The molecule has 8 nitrogen and oxygen atoms in total. The molecule has 1 saturated heterocycles. The summed E-state index contributed by atoms with van der Waals surface area (Å²) in [6.45, 7) is 8.39. The van der Waals surface area contributed by atoms with Crippen molar-refractivity contribution in [3.05, 3.63) is 82.3 Å². The summed E-state index contributed by atoms with van der Waals surface area (Å²) in [5.41, 5.74) is 2.91. The standard InChI is InChI=1S/C28H33FN4O4/c1-4-33-23(18-31-13-15-32(16-14-31)26(34)21-11-6-7-12-22(21)29)24(27(35)37-5-2)25(30-28(33)36)20-10-8-9-19(3)17-20/h6-12,17,25H,4-5,13-16,18H2,1-3H3,(H,30,36)/t25-/m1/s1. The number of rotatable bonds is 7. The number of ether oxygens (including phenoxy) is 1. The largest absolute Gasteiger partial charge is 0.463 e. The number of esters is 1. The Morgan fingerprint density at radius 1 is 1.05 bits per heavy atom. The Hall–Kier alpha value is -3.72. The summed E-state index contributed by atoms with van der Waals surface area (Å²) >= 11 is 0. The fourth-order valence-electron chi connectivity index (χ4n) is 4.88. The van der Waals surface area contributed by atoms with Gasteiger partial charge in [0.1, 0.15) is 5.82 Å². The normalized spacial score (nSPS) is 18.6. The Labute approximate surface area is 216 Å². The molecule has 2 aromatic rings. The van der Waals surface area contributed by atoms with Gasteiger partial charge in [-0.05, 0) is 38.5 Å². The SMILES string of the molecule is CCOC(=O)C1=C(CN2CCN(C(=O)c3ccccc3F)CC2)N(CC)C(=O)N[C@@H]1c1cccc(C)c1. The molecule has 3 amide bonds. The van der Waals surface area contributed by atoms with Gasteiger partial charge in [0.25, 0.3) is 5.91 Å². The molecule has 9 heteroatoms. The van der Waals surface area contributed by atoms with Crippen molar-refractivity contribution >= 4 is 17.9 Å². The zero-order chi connectivity index (χ0) is 26.5. The van der Waals surface area contributed by atoms with Crippen molar-refractivity contribution in [2.75, 3.05) is 45.9 Å². The van der Waals surface area contributed by atoms with Gasteiger partial charge in [0.2, 0.25) is 0 Å². The maximum absolute atomic E-state index is 14.1. The van der Waals surface area contributed by atoms with Crippen molar-refractivity contribution in [2.24, 2.45) is 0 Å². The minimum absolute atomic E-state index is 0.0605. The third-order valence-corrected chi connectivity index (χ3v) is 6.76. The van der Waals surface area contributed by atoms with E-state index in [1.807, 2.05) is 38.1 Å². The molecule has 196 valence electrons. The second-order valence-electron chi connectivity index (χ2n) is 9.17. The van der Waals surface area contributed by atoms with Crippen molar-refractivity contribution in [3.63, 3.8) is 0 Å². The molecule has 0 aromatic heterocycles. The molecule has 1 N–H and O–H groups in total. The van der Waals surface area contributed by atoms with E-state index in [4.69, 9.17) is 4.74 Å². The molecule has 37 heavy (non-hydrogen) atoms. The lowest BCUT2D eigenvalue weighted by Gasteiger charge is -2.40. The number of nitrogens with one attached hydrogen (secondary N) is 1. The van der Waals surface area contributed by atoms with Gasteiger partial charge in [-0.25, -0.2) is 14.0 Å². The van der Waals surface area contributed by atoms with E-state index in [-0.39, 0.29) is 24.1 Å². The van der Waals surface area contributed by atoms with E-state index in [1.165, 1.54) is 12.1 Å². The van der Waals surface area contributed by atoms with Gasteiger partial charge in [0.05, 0.1) is 23.8 Å². The Bertz CT molecular complexity index is 1210. The highest BCUT2D eigenvalue weighted by Gasteiger charge is 2.38. The minimum atomic E-state index is -0.631. The highest BCUT2D eigenvalue weighted by atomic mass is 19.1. The van der Waals surface area contributed by atoms with E-state index >= 15 is 0 Å². The van der Waals surface area contributed by atoms with Gasteiger partial charge in [-0.2, -0.15) is 0 Å². The Morgan fingerprint density at radius 3 is 2.43 bits per heavy atom. The van der Waals surface area contributed by atoms with Gasteiger partial charge in [-0.1, -0.05) is 42.0 Å². The molecule has 0 radical (unpaired) electrons. The number of aryl methyl sites for hydroxylation is 1. The molecule has 4 rings (SSSR count). The van der Waals surface area contributed by atoms with Crippen LogP contribution in [0.4, 0.5) is 9.18 Å². The maximum Gasteiger partial charge on any atom is 0.338 e. The van der Waals surface area contributed by atoms with Crippen molar-refractivity contribution in [2.45, 2.75) is 26.8 Å². The van der Waals surface area contributed by atoms with Crippen LogP contribution in [0.25, 0.3) is 0 Å². The smallest absolute Gasteiger partial charge is 0.338 e. The summed E-state index contributed by atoms with van der Waals surface area (Å²) in [7, 11) is 0. The third kappa shape index (κ3) is 5.67. The summed E-state index contributed by atoms with van der Waals surface area (Å²) in [6, 6.07) is 12.8. The monoisotopic (exact) mass is 508 g/mol. The van der Waals surface area contributed by atoms with Crippen LogP contribution in [0.15, 0.2) is 59.8 Å². The zero-order valence-corrected chi connectivity index (χ0v) is 21.5. The lowest BCUT2D eigenvalue weighted by Crippen LogP contribution is -2.53. The summed E-state index contributed by atoms with van der Waals surface area (Å²) in [6.07, 6.45) is 0. The number of amides is 3. The van der Waals surface area contributed by atoms with E-state index in [1.54, 1.807) is 28.9 Å². The maximum atomic E-state index is 14.1. The molecule has 0 spiro atoms. The van der Waals surface area contributed by atoms with E-state index < -0.39 is 17.8 Å². The van der Waals surface area contributed by atoms with Crippen LogP contribution in [-0.4, -0.2) is 78.5 Å². The lowest BCUT2D eigenvalue weighted by molar-refractivity contribution is -0.139. The Balaban J connectivity index is 1.60. The van der Waals surface area contributed by atoms with Gasteiger partial charge in [0, 0.05) is 45.0 Å². The molecule has 2 aromatic carbocycles. The number of piperazine rings is 1. The van der Waals surface area contributed by atoms with E-state index in [0.29, 0.717) is 50.5 Å². The predicted molar refractivity (Wildman–Crippen MR) is 137 cm³/mol. The molecule has 0 bridgehead atoms. The van der Waals surface area contributed by atoms with Crippen molar-refractivity contribution in [1.29, 1.82) is 0 Å².